The van der Waals surface area contributed by atoms with Crippen LogP contribution in [0.15, 0.2) is 16.6 Å². The first kappa shape index (κ1) is 15.1. The Morgan fingerprint density at radius 1 is 1.29 bits per heavy atom. The Labute approximate surface area is 134 Å². The van der Waals surface area contributed by atoms with E-state index in [4.69, 9.17) is 4.74 Å². The van der Waals surface area contributed by atoms with E-state index in [9.17, 15) is 5.11 Å². The first-order valence-electron chi connectivity index (χ1n) is 7.69. The van der Waals surface area contributed by atoms with Crippen LogP contribution in [0.25, 0.3) is 0 Å². The molecule has 1 aromatic rings. The number of fused-ring (bicyclic) bond motifs is 1. The molecule has 0 aliphatic carbocycles. The molecule has 1 atom stereocenters. The van der Waals surface area contributed by atoms with Crippen LogP contribution in [0.5, 0.6) is 11.5 Å². The number of aromatic hydroxyl groups is 1. The minimum atomic E-state index is 0.180. The number of nitrogens with zero attached hydrogens (tertiary/aromatic N) is 2. The van der Waals surface area contributed by atoms with Crippen molar-refractivity contribution in [3.8, 4) is 11.5 Å². The molecule has 0 aromatic heterocycles. The molecule has 116 valence electrons. The molecule has 0 saturated carbocycles. The Bertz CT molecular complexity index is 509. The number of hydrogen-bond acceptors (Lipinski definition) is 4. The molecule has 5 heteroatoms. The van der Waals surface area contributed by atoms with Crippen LogP contribution in [-0.4, -0.2) is 54.2 Å². The minimum absolute atomic E-state index is 0.180. The van der Waals surface area contributed by atoms with Crippen molar-refractivity contribution in [2.45, 2.75) is 31.8 Å². The summed E-state index contributed by atoms with van der Waals surface area (Å²) in [5.74, 6) is 0.718. The maximum atomic E-state index is 9.90. The topological polar surface area (TPSA) is 35.9 Å². The fourth-order valence-electron chi connectivity index (χ4n) is 3.56. The van der Waals surface area contributed by atoms with Gasteiger partial charge < -0.3 is 9.84 Å². The summed E-state index contributed by atoms with van der Waals surface area (Å²) in [5, 5.41) is 9.90. The summed E-state index contributed by atoms with van der Waals surface area (Å²) in [7, 11) is 1.59. The van der Waals surface area contributed by atoms with Gasteiger partial charge in [-0.3, -0.25) is 9.80 Å². The van der Waals surface area contributed by atoms with Gasteiger partial charge in [-0.25, -0.2) is 0 Å². The highest BCUT2D eigenvalue weighted by Gasteiger charge is 2.28. The van der Waals surface area contributed by atoms with Crippen molar-refractivity contribution in [2.75, 3.05) is 33.3 Å². The molecule has 0 bridgehead atoms. The monoisotopic (exact) mass is 354 g/mol. The number of halogens is 1. The zero-order valence-electron chi connectivity index (χ0n) is 12.5. The standard InChI is InChI=1S/C16H23BrN2O2/c1-21-15-9-12(8-14(17)16(15)20)10-18-5-3-7-19-6-2-4-13(19)11-18/h8-9,13,20H,2-7,10-11H2,1H3. The van der Waals surface area contributed by atoms with Crippen molar-refractivity contribution < 1.29 is 9.84 Å². The third kappa shape index (κ3) is 3.35. The second-order valence-electron chi connectivity index (χ2n) is 6.05. The lowest BCUT2D eigenvalue weighted by Crippen LogP contribution is -2.36. The molecule has 3 rings (SSSR count). The van der Waals surface area contributed by atoms with E-state index in [2.05, 4.69) is 25.7 Å². The molecule has 2 heterocycles. The predicted molar refractivity (Wildman–Crippen MR) is 86.8 cm³/mol. The molecular weight excluding hydrogens is 332 g/mol. The van der Waals surface area contributed by atoms with Gasteiger partial charge in [0.25, 0.3) is 0 Å². The fourth-order valence-corrected chi connectivity index (χ4v) is 4.05. The molecule has 2 aliphatic heterocycles. The van der Waals surface area contributed by atoms with E-state index in [-0.39, 0.29) is 5.75 Å². The van der Waals surface area contributed by atoms with Gasteiger partial charge in [-0.15, -0.1) is 0 Å². The van der Waals surface area contributed by atoms with Gasteiger partial charge in [0, 0.05) is 19.1 Å². The van der Waals surface area contributed by atoms with E-state index in [1.54, 1.807) is 7.11 Å². The number of phenolic OH excluding ortho intramolecular Hbond substituents is 1. The van der Waals surface area contributed by atoms with Gasteiger partial charge in [0.1, 0.15) is 0 Å². The Hall–Kier alpha value is -0.780. The predicted octanol–water partition coefficient (Wildman–Crippen LogP) is 2.83. The molecule has 2 aliphatic rings. The molecule has 1 unspecified atom stereocenters. The van der Waals surface area contributed by atoms with Gasteiger partial charge in [-0.2, -0.15) is 0 Å². The molecule has 2 saturated heterocycles. The lowest BCUT2D eigenvalue weighted by molar-refractivity contribution is 0.215. The van der Waals surface area contributed by atoms with Crippen LogP contribution in [0.2, 0.25) is 0 Å². The summed E-state index contributed by atoms with van der Waals surface area (Å²) in [4.78, 5) is 5.18. The highest BCUT2D eigenvalue weighted by Crippen LogP contribution is 2.35. The second kappa shape index (κ2) is 6.55. The van der Waals surface area contributed by atoms with E-state index in [1.807, 2.05) is 12.1 Å². The summed E-state index contributed by atoms with van der Waals surface area (Å²) < 4.78 is 5.95. The van der Waals surface area contributed by atoms with E-state index in [1.165, 1.54) is 37.9 Å². The van der Waals surface area contributed by atoms with Crippen LogP contribution >= 0.6 is 15.9 Å². The number of methoxy groups -OCH3 is 1. The van der Waals surface area contributed by atoms with Crippen molar-refractivity contribution in [1.29, 1.82) is 0 Å². The van der Waals surface area contributed by atoms with Crippen LogP contribution in [0.4, 0.5) is 0 Å². The second-order valence-corrected chi connectivity index (χ2v) is 6.90. The maximum absolute atomic E-state index is 9.90. The molecule has 2 fully saturated rings. The zero-order chi connectivity index (χ0) is 14.8. The lowest BCUT2D eigenvalue weighted by Gasteiger charge is -2.25. The number of benzene rings is 1. The lowest BCUT2D eigenvalue weighted by atomic mass is 10.1. The van der Waals surface area contributed by atoms with Crippen LogP contribution in [0.1, 0.15) is 24.8 Å². The highest BCUT2D eigenvalue weighted by molar-refractivity contribution is 9.10. The summed E-state index contributed by atoms with van der Waals surface area (Å²) >= 11 is 3.41. The van der Waals surface area contributed by atoms with E-state index in [0.717, 1.165) is 25.7 Å². The van der Waals surface area contributed by atoms with Crippen molar-refractivity contribution in [1.82, 2.24) is 9.80 Å². The normalized spacial score (nSPS) is 23.8. The highest BCUT2D eigenvalue weighted by atomic mass is 79.9. The Balaban J connectivity index is 1.72. The first-order chi connectivity index (χ1) is 10.2. The molecule has 1 aromatic carbocycles. The molecule has 0 amide bonds. The molecular formula is C16H23BrN2O2. The Kier molecular flexibility index (Phi) is 4.72. The van der Waals surface area contributed by atoms with Crippen molar-refractivity contribution >= 4 is 15.9 Å². The van der Waals surface area contributed by atoms with E-state index < -0.39 is 0 Å². The third-order valence-electron chi connectivity index (χ3n) is 4.60. The average Bonchev–Trinajstić information content (AvgIpc) is 2.81. The van der Waals surface area contributed by atoms with Gasteiger partial charge in [0.05, 0.1) is 11.6 Å². The number of hydrogen-bond donors (Lipinski definition) is 1. The molecule has 4 nitrogen and oxygen atoms in total. The van der Waals surface area contributed by atoms with Crippen molar-refractivity contribution in [3.05, 3.63) is 22.2 Å². The summed E-state index contributed by atoms with van der Waals surface area (Å²) in [5.41, 5.74) is 1.18. The molecule has 1 N–H and O–H groups in total. The Morgan fingerprint density at radius 2 is 2.10 bits per heavy atom. The minimum Gasteiger partial charge on any atom is -0.503 e. The Morgan fingerprint density at radius 3 is 2.90 bits per heavy atom. The van der Waals surface area contributed by atoms with Gasteiger partial charge in [0.15, 0.2) is 11.5 Å². The smallest absolute Gasteiger partial charge is 0.172 e. The molecule has 0 spiro atoms. The number of phenols is 1. The van der Waals surface area contributed by atoms with Crippen LogP contribution < -0.4 is 4.74 Å². The summed E-state index contributed by atoms with van der Waals surface area (Å²) in [6.45, 7) is 5.73. The van der Waals surface area contributed by atoms with Gasteiger partial charge in [-0.1, -0.05) is 0 Å². The molecule has 21 heavy (non-hydrogen) atoms. The van der Waals surface area contributed by atoms with E-state index >= 15 is 0 Å². The zero-order valence-corrected chi connectivity index (χ0v) is 14.1. The van der Waals surface area contributed by atoms with Gasteiger partial charge in [0.2, 0.25) is 0 Å². The van der Waals surface area contributed by atoms with Gasteiger partial charge >= 0.3 is 0 Å². The average molecular weight is 355 g/mol. The summed E-state index contributed by atoms with van der Waals surface area (Å²) in [6.07, 6.45) is 3.92. The fraction of sp³-hybridized carbons (Fsp3) is 0.625. The summed E-state index contributed by atoms with van der Waals surface area (Å²) in [6, 6.07) is 4.67. The van der Waals surface area contributed by atoms with Gasteiger partial charge in [-0.05, 0) is 72.5 Å². The third-order valence-corrected chi connectivity index (χ3v) is 5.21. The quantitative estimate of drug-likeness (QED) is 0.905. The molecule has 0 radical (unpaired) electrons. The first-order valence-corrected chi connectivity index (χ1v) is 8.48. The van der Waals surface area contributed by atoms with E-state index in [0.29, 0.717) is 10.2 Å². The van der Waals surface area contributed by atoms with Crippen LogP contribution in [-0.2, 0) is 6.54 Å². The van der Waals surface area contributed by atoms with Crippen LogP contribution in [0.3, 0.4) is 0 Å². The maximum Gasteiger partial charge on any atom is 0.172 e. The van der Waals surface area contributed by atoms with Crippen molar-refractivity contribution in [3.63, 3.8) is 0 Å². The van der Waals surface area contributed by atoms with Crippen molar-refractivity contribution in [2.24, 2.45) is 0 Å². The largest absolute Gasteiger partial charge is 0.503 e. The SMILES string of the molecule is COc1cc(CN2CCCN3CCCC3C2)cc(Br)c1O. The van der Waals surface area contributed by atoms with Crippen LogP contribution in [0, 0.1) is 0 Å². The number of ether oxygens (including phenoxy) is 1. The number of rotatable bonds is 3.